The number of rotatable bonds is 7. The second kappa shape index (κ2) is 8.82. The highest BCUT2D eigenvalue weighted by molar-refractivity contribution is 5.67. The summed E-state index contributed by atoms with van der Waals surface area (Å²) in [7, 11) is 0. The normalized spacial score (nSPS) is 13.0. The maximum absolute atomic E-state index is 12.7. The van der Waals surface area contributed by atoms with E-state index in [9.17, 15) is 13.6 Å². The first-order valence-electron chi connectivity index (χ1n) is 7.78. The van der Waals surface area contributed by atoms with Crippen molar-refractivity contribution in [2.75, 3.05) is 6.54 Å². The van der Waals surface area contributed by atoms with Gasteiger partial charge in [0.15, 0.2) is 0 Å². The number of hydrogen-bond donors (Lipinski definition) is 2. The van der Waals surface area contributed by atoms with Gasteiger partial charge in [0.05, 0.1) is 0 Å². The summed E-state index contributed by atoms with van der Waals surface area (Å²) in [6.07, 6.45) is -2.13. The lowest BCUT2D eigenvalue weighted by atomic mass is 10.1. The van der Waals surface area contributed by atoms with Gasteiger partial charge in [-0.1, -0.05) is 25.1 Å². The van der Waals surface area contributed by atoms with Crippen LogP contribution in [0.1, 0.15) is 51.7 Å². The Morgan fingerprint density at radius 2 is 2.00 bits per heavy atom. The molecule has 0 aliphatic carbocycles. The van der Waals surface area contributed by atoms with Gasteiger partial charge in [-0.3, -0.25) is 0 Å². The second-order valence-corrected chi connectivity index (χ2v) is 6.41. The molecule has 2 N–H and O–H groups in total. The summed E-state index contributed by atoms with van der Waals surface area (Å²) in [6.45, 7) is 8.29. The molecular formula is C17H26F2N2O2. The van der Waals surface area contributed by atoms with Crippen LogP contribution in [0.3, 0.4) is 0 Å². The highest BCUT2D eigenvalue weighted by atomic mass is 19.3. The molecule has 1 aromatic rings. The molecular weight excluding hydrogens is 302 g/mol. The van der Waals surface area contributed by atoms with Crippen molar-refractivity contribution in [3.8, 4) is 0 Å². The molecule has 23 heavy (non-hydrogen) atoms. The van der Waals surface area contributed by atoms with Crippen LogP contribution < -0.4 is 10.6 Å². The molecule has 0 saturated heterocycles. The fraction of sp³-hybridized carbons (Fsp3) is 0.588. The number of halogens is 2. The fourth-order valence-electron chi connectivity index (χ4n) is 1.98. The standard InChI is InChI=1S/C17H26F2N2O2/c1-5-14(11-21-16(22)23-17(2,3)4)20-10-12-7-6-8-13(9-12)15(18)19/h6-9,14-15,20H,5,10-11H2,1-4H3,(H,21,22). The first-order valence-corrected chi connectivity index (χ1v) is 7.78. The van der Waals surface area contributed by atoms with E-state index in [0.29, 0.717) is 13.1 Å². The van der Waals surface area contributed by atoms with Crippen molar-refractivity contribution >= 4 is 6.09 Å². The van der Waals surface area contributed by atoms with Crippen molar-refractivity contribution < 1.29 is 18.3 Å². The number of nitrogens with one attached hydrogen (secondary N) is 2. The summed E-state index contributed by atoms with van der Waals surface area (Å²) in [5.41, 5.74) is 0.275. The molecule has 0 aromatic heterocycles. The largest absolute Gasteiger partial charge is 0.444 e. The Hall–Kier alpha value is -1.69. The van der Waals surface area contributed by atoms with Crippen LogP contribution in [-0.4, -0.2) is 24.3 Å². The van der Waals surface area contributed by atoms with Gasteiger partial charge in [-0.25, -0.2) is 13.6 Å². The van der Waals surface area contributed by atoms with Crippen LogP contribution in [0, 0.1) is 0 Å². The molecule has 1 amide bonds. The highest BCUT2D eigenvalue weighted by Crippen LogP contribution is 2.19. The number of carbonyl (C=O) groups excluding carboxylic acids is 1. The zero-order valence-corrected chi connectivity index (χ0v) is 14.2. The van der Waals surface area contributed by atoms with Gasteiger partial charge in [-0.05, 0) is 38.8 Å². The summed E-state index contributed by atoms with van der Waals surface area (Å²) >= 11 is 0. The van der Waals surface area contributed by atoms with Gasteiger partial charge in [0.25, 0.3) is 6.43 Å². The molecule has 0 saturated carbocycles. The van der Waals surface area contributed by atoms with Crippen LogP contribution in [0.25, 0.3) is 0 Å². The minimum atomic E-state index is -2.47. The van der Waals surface area contributed by atoms with Gasteiger partial charge in [0, 0.05) is 24.7 Å². The third kappa shape index (κ3) is 7.93. The molecule has 0 bridgehead atoms. The van der Waals surface area contributed by atoms with E-state index in [4.69, 9.17) is 4.74 Å². The van der Waals surface area contributed by atoms with Crippen molar-refractivity contribution in [1.82, 2.24) is 10.6 Å². The van der Waals surface area contributed by atoms with Gasteiger partial charge in [0.1, 0.15) is 5.60 Å². The minimum absolute atomic E-state index is 0.0178. The molecule has 4 nitrogen and oxygen atoms in total. The lowest BCUT2D eigenvalue weighted by Gasteiger charge is -2.22. The van der Waals surface area contributed by atoms with Crippen molar-refractivity contribution in [1.29, 1.82) is 0 Å². The third-order valence-electron chi connectivity index (χ3n) is 3.18. The average molecular weight is 328 g/mol. The monoisotopic (exact) mass is 328 g/mol. The molecule has 0 fully saturated rings. The predicted octanol–water partition coefficient (Wildman–Crippen LogP) is 4.02. The molecule has 0 aliphatic rings. The molecule has 130 valence electrons. The van der Waals surface area contributed by atoms with Gasteiger partial charge < -0.3 is 15.4 Å². The number of carbonyl (C=O) groups is 1. The van der Waals surface area contributed by atoms with Crippen LogP contribution in [0.2, 0.25) is 0 Å². The molecule has 1 unspecified atom stereocenters. The molecule has 0 aliphatic heterocycles. The second-order valence-electron chi connectivity index (χ2n) is 6.41. The summed E-state index contributed by atoms with van der Waals surface area (Å²) in [4.78, 5) is 11.6. The maximum Gasteiger partial charge on any atom is 0.407 e. The van der Waals surface area contributed by atoms with Gasteiger partial charge in [-0.2, -0.15) is 0 Å². The zero-order chi connectivity index (χ0) is 17.5. The lowest BCUT2D eigenvalue weighted by molar-refractivity contribution is 0.0522. The Bertz CT molecular complexity index is 502. The van der Waals surface area contributed by atoms with Crippen LogP contribution in [-0.2, 0) is 11.3 Å². The highest BCUT2D eigenvalue weighted by Gasteiger charge is 2.17. The van der Waals surface area contributed by atoms with Gasteiger partial charge in [-0.15, -0.1) is 0 Å². The van der Waals surface area contributed by atoms with E-state index in [1.807, 2.05) is 6.92 Å². The summed E-state index contributed by atoms with van der Waals surface area (Å²) < 4.78 is 30.5. The number of alkyl halides is 2. The van der Waals surface area contributed by atoms with Crippen molar-refractivity contribution in [3.05, 3.63) is 35.4 Å². The molecule has 6 heteroatoms. The van der Waals surface area contributed by atoms with Crippen molar-refractivity contribution in [3.63, 3.8) is 0 Å². The number of ether oxygens (including phenoxy) is 1. The third-order valence-corrected chi connectivity index (χ3v) is 3.18. The lowest BCUT2D eigenvalue weighted by Crippen LogP contribution is -2.42. The first kappa shape index (κ1) is 19.4. The van der Waals surface area contributed by atoms with E-state index < -0.39 is 18.1 Å². The Balaban J connectivity index is 2.45. The molecule has 1 atom stereocenters. The smallest absolute Gasteiger partial charge is 0.407 e. The Morgan fingerprint density at radius 3 is 2.57 bits per heavy atom. The predicted molar refractivity (Wildman–Crippen MR) is 86.6 cm³/mol. The van der Waals surface area contributed by atoms with E-state index >= 15 is 0 Å². The van der Waals surface area contributed by atoms with Gasteiger partial charge >= 0.3 is 6.09 Å². The number of hydrogen-bond acceptors (Lipinski definition) is 3. The summed E-state index contributed by atoms with van der Waals surface area (Å²) in [5.74, 6) is 0. The Labute approximate surface area is 136 Å². The van der Waals surface area contributed by atoms with E-state index in [1.54, 1.807) is 32.9 Å². The quantitative estimate of drug-likeness (QED) is 0.795. The molecule has 0 radical (unpaired) electrons. The fourth-order valence-corrected chi connectivity index (χ4v) is 1.98. The van der Waals surface area contributed by atoms with Crippen molar-refractivity contribution in [2.45, 2.75) is 58.7 Å². The van der Waals surface area contributed by atoms with Gasteiger partial charge in [0.2, 0.25) is 0 Å². The van der Waals surface area contributed by atoms with Crippen molar-refractivity contribution in [2.24, 2.45) is 0 Å². The van der Waals surface area contributed by atoms with Crippen LogP contribution in [0.5, 0.6) is 0 Å². The van der Waals surface area contributed by atoms with E-state index in [0.717, 1.165) is 12.0 Å². The van der Waals surface area contributed by atoms with Crippen LogP contribution >= 0.6 is 0 Å². The topological polar surface area (TPSA) is 50.4 Å². The maximum atomic E-state index is 12.7. The van der Waals surface area contributed by atoms with E-state index in [-0.39, 0.29) is 11.6 Å². The summed E-state index contributed by atoms with van der Waals surface area (Å²) in [6, 6.07) is 6.37. The Kier molecular flexibility index (Phi) is 7.42. The number of alkyl carbamates (subject to hydrolysis) is 1. The van der Waals surface area contributed by atoms with Crippen LogP contribution in [0.15, 0.2) is 24.3 Å². The molecule has 0 spiro atoms. The minimum Gasteiger partial charge on any atom is -0.444 e. The average Bonchev–Trinajstić information content (AvgIpc) is 2.46. The molecule has 1 aromatic carbocycles. The number of amides is 1. The Morgan fingerprint density at radius 1 is 1.30 bits per heavy atom. The SMILES string of the molecule is CCC(CNC(=O)OC(C)(C)C)NCc1cccc(C(F)F)c1. The zero-order valence-electron chi connectivity index (χ0n) is 14.2. The van der Waals surface area contributed by atoms with Crippen LogP contribution in [0.4, 0.5) is 13.6 Å². The molecule has 1 rings (SSSR count). The van der Waals surface area contributed by atoms with E-state index in [2.05, 4.69) is 10.6 Å². The van der Waals surface area contributed by atoms with E-state index in [1.165, 1.54) is 12.1 Å². The summed E-state index contributed by atoms with van der Waals surface area (Å²) in [5, 5.41) is 5.97. The first-order chi connectivity index (χ1) is 10.7. The molecule has 0 heterocycles. The number of benzene rings is 1.